The fourth-order valence-electron chi connectivity index (χ4n) is 3.58. The first-order valence-corrected chi connectivity index (χ1v) is 9.73. The van der Waals surface area contributed by atoms with Crippen LogP contribution in [0.4, 0.5) is 10.3 Å². The van der Waals surface area contributed by atoms with Crippen LogP contribution in [-0.4, -0.2) is 58.0 Å². The van der Waals surface area contributed by atoms with E-state index < -0.39 is 0 Å². The van der Waals surface area contributed by atoms with Gasteiger partial charge in [0.2, 0.25) is 5.95 Å². The fraction of sp³-hybridized carbons (Fsp3) is 0.333. The van der Waals surface area contributed by atoms with E-state index in [1.165, 1.54) is 12.1 Å². The summed E-state index contributed by atoms with van der Waals surface area (Å²) >= 11 is 0. The zero-order valence-electron chi connectivity index (χ0n) is 16.9. The van der Waals surface area contributed by atoms with Gasteiger partial charge in [0.1, 0.15) is 24.2 Å². The number of allylic oxidation sites excluding steroid dienone is 1. The maximum Gasteiger partial charge on any atom is 0.210 e. The topological polar surface area (TPSA) is 84.7 Å². The minimum Gasteiger partial charge on any atom is -0.493 e. The number of aldehydes is 1. The van der Waals surface area contributed by atoms with Gasteiger partial charge in [-0.1, -0.05) is 0 Å². The predicted octanol–water partition coefficient (Wildman–Crippen LogP) is 2.34. The Morgan fingerprint density at radius 1 is 1.40 bits per heavy atom. The Bertz CT molecular complexity index is 1110. The molecule has 2 aromatic heterocycles. The molecule has 0 fully saturated rings. The van der Waals surface area contributed by atoms with Gasteiger partial charge >= 0.3 is 0 Å². The summed E-state index contributed by atoms with van der Waals surface area (Å²) in [6, 6.07) is 3.09. The van der Waals surface area contributed by atoms with E-state index in [0.717, 1.165) is 35.3 Å². The highest BCUT2D eigenvalue weighted by molar-refractivity contribution is 5.85. The highest BCUT2D eigenvalue weighted by Crippen LogP contribution is 2.31. The van der Waals surface area contributed by atoms with Crippen molar-refractivity contribution in [1.29, 1.82) is 0 Å². The maximum atomic E-state index is 14.4. The lowest BCUT2D eigenvalue weighted by molar-refractivity contribution is -0.104. The number of carbonyl (C=O) groups excluding carboxylic acids is 1. The third-order valence-corrected chi connectivity index (χ3v) is 5.14. The second-order valence-corrected chi connectivity index (χ2v) is 7.36. The van der Waals surface area contributed by atoms with Crippen molar-refractivity contribution in [2.45, 2.75) is 19.4 Å². The Kier molecular flexibility index (Phi) is 5.71. The average Bonchev–Trinajstić information content (AvgIpc) is 3.40. The molecule has 0 atom stereocenters. The van der Waals surface area contributed by atoms with Crippen molar-refractivity contribution in [2.75, 3.05) is 32.6 Å². The quantitative estimate of drug-likeness (QED) is 0.451. The van der Waals surface area contributed by atoms with Gasteiger partial charge < -0.3 is 15.0 Å². The molecule has 0 saturated carbocycles. The van der Waals surface area contributed by atoms with Crippen LogP contribution in [0.25, 0.3) is 11.2 Å². The molecule has 3 aromatic rings. The molecule has 1 N–H and O–H groups in total. The summed E-state index contributed by atoms with van der Waals surface area (Å²) in [4.78, 5) is 17.7. The number of anilines is 1. The van der Waals surface area contributed by atoms with E-state index in [1.54, 1.807) is 23.0 Å². The van der Waals surface area contributed by atoms with Crippen molar-refractivity contribution >= 4 is 23.5 Å². The second-order valence-electron chi connectivity index (χ2n) is 7.36. The van der Waals surface area contributed by atoms with E-state index in [2.05, 4.69) is 20.5 Å². The van der Waals surface area contributed by atoms with E-state index in [0.29, 0.717) is 36.6 Å². The Morgan fingerprint density at radius 2 is 2.27 bits per heavy atom. The molecule has 156 valence electrons. The molecule has 30 heavy (non-hydrogen) atoms. The number of nitrogens with one attached hydrogen (secondary N) is 1. The highest BCUT2D eigenvalue weighted by atomic mass is 19.1. The van der Waals surface area contributed by atoms with Gasteiger partial charge in [-0.05, 0) is 44.3 Å². The fourth-order valence-corrected chi connectivity index (χ4v) is 3.58. The molecule has 0 spiro atoms. The molecule has 0 saturated heterocycles. The Labute approximate surface area is 173 Å². The van der Waals surface area contributed by atoms with Crippen LogP contribution in [0.2, 0.25) is 0 Å². The van der Waals surface area contributed by atoms with Gasteiger partial charge in [-0.3, -0.25) is 9.20 Å². The Morgan fingerprint density at radius 3 is 3.07 bits per heavy atom. The van der Waals surface area contributed by atoms with Crippen LogP contribution < -0.4 is 10.1 Å². The lowest BCUT2D eigenvalue weighted by atomic mass is 10.0. The van der Waals surface area contributed by atoms with Crippen LogP contribution in [-0.2, 0) is 17.8 Å². The van der Waals surface area contributed by atoms with Crippen molar-refractivity contribution in [1.82, 2.24) is 24.5 Å². The lowest BCUT2D eigenvalue weighted by Crippen LogP contribution is -2.14. The van der Waals surface area contributed by atoms with E-state index >= 15 is 0 Å². The van der Waals surface area contributed by atoms with Gasteiger partial charge in [-0.25, -0.2) is 9.37 Å². The van der Waals surface area contributed by atoms with Crippen LogP contribution in [0.15, 0.2) is 30.7 Å². The molecule has 4 rings (SSSR count). The molecule has 0 amide bonds. The van der Waals surface area contributed by atoms with Crippen molar-refractivity contribution in [3.05, 3.63) is 53.2 Å². The van der Waals surface area contributed by atoms with E-state index in [4.69, 9.17) is 4.74 Å². The molecule has 9 heteroatoms. The minimum atomic E-state index is -0.275. The zero-order chi connectivity index (χ0) is 21.1. The first-order valence-electron chi connectivity index (χ1n) is 9.73. The van der Waals surface area contributed by atoms with Crippen molar-refractivity contribution in [2.24, 2.45) is 0 Å². The average molecular weight is 410 g/mol. The molecular weight excluding hydrogens is 387 g/mol. The van der Waals surface area contributed by atoms with Crippen LogP contribution in [0.5, 0.6) is 5.75 Å². The normalized spacial score (nSPS) is 13.5. The molecule has 8 nitrogen and oxygen atoms in total. The summed E-state index contributed by atoms with van der Waals surface area (Å²) in [5.41, 5.74) is 3.62. The van der Waals surface area contributed by atoms with Gasteiger partial charge in [-0.2, -0.15) is 0 Å². The molecule has 1 aliphatic rings. The molecule has 1 aliphatic heterocycles. The summed E-state index contributed by atoms with van der Waals surface area (Å²) in [6.07, 6.45) is 6.88. The first-order chi connectivity index (χ1) is 14.6. The van der Waals surface area contributed by atoms with E-state index in [9.17, 15) is 9.18 Å². The number of aromatic nitrogens is 4. The number of nitrogens with zero attached hydrogens (tertiary/aromatic N) is 5. The molecule has 0 bridgehead atoms. The molecule has 0 unspecified atom stereocenters. The monoisotopic (exact) mass is 410 g/mol. The van der Waals surface area contributed by atoms with Crippen LogP contribution in [0, 0.1) is 5.82 Å². The number of hydrogen-bond donors (Lipinski definition) is 1. The first kappa shape index (κ1) is 20.0. The standard InChI is InChI=1S/C21H23FN6O2/c1-27(2)8-5-14(6-9-29)16-11-23-21(28-13-25-26-20(16)28)24-12-17-15-7-10-30-19(15)4-3-18(17)22/h3-4,6,9,11,13H,5,7-8,10,12H2,1-2H3,(H,23,24)/b14-6+. The Balaban J connectivity index is 1.63. The summed E-state index contributed by atoms with van der Waals surface area (Å²) in [6.45, 7) is 1.60. The number of carbonyl (C=O) groups is 1. The molecular formula is C21H23FN6O2. The number of benzene rings is 1. The van der Waals surface area contributed by atoms with Crippen LogP contribution >= 0.6 is 0 Å². The van der Waals surface area contributed by atoms with Crippen molar-refractivity contribution in [3.8, 4) is 5.75 Å². The Hall–Kier alpha value is -3.33. The van der Waals surface area contributed by atoms with Gasteiger partial charge in [0, 0.05) is 42.4 Å². The number of halogens is 1. The number of rotatable bonds is 8. The van der Waals surface area contributed by atoms with Crippen LogP contribution in [0.3, 0.4) is 0 Å². The van der Waals surface area contributed by atoms with Crippen LogP contribution in [0.1, 0.15) is 23.1 Å². The minimum absolute atomic E-state index is 0.260. The number of hydrogen-bond acceptors (Lipinski definition) is 7. The number of ether oxygens (including phenoxy) is 1. The van der Waals surface area contributed by atoms with E-state index in [1.807, 2.05) is 19.0 Å². The largest absolute Gasteiger partial charge is 0.493 e. The smallest absolute Gasteiger partial charge is 0.210 e. The summed E-state index contributed by atoms with van der Waals surface area (Å²) in [5.74, 6) is 0.950. The number of fused-ring (bicyclic) bond motifs is 2. The molecule has 0 aliphatic carbocycles. The second kappa shape index (κ2) is 8.58. The highest BCUT2D eigenvalue weighted by Gasteiger charge is 2.20. The third-order valence-electron chi connectivity index (χ3n) is 5.14. The SMILES string of the molecule is CN(C)CC/C(=C\C=O)c1cnc(NCc2c(F)ccc3c2CCO3)n2cnnc12. The van der Waals surface area contributed by atoms with E-state index in [-0.39, 0.29) is 12.4 Å². The zero-order valence-corrected chi connectivity index (χ0v) is 16.9. The van der Waals surface area contributed by atoms with Crippen molar-refractivity contribution < 1.29 is 13.9 Å². The lowest BCUT2D eigenvalue weighted by Gasteiger charge is -2.14. The predicted molar refractivity (Wildman–Crippen MR) is 111 cm³/mol. The summed E-state index contributed by atoms with van der Waals surface area (Å²) < 4.78 is 21.7. The summed E-state index contributed by atoms with van der Waals surface area (Å²) in [5, 5.41) is 11.4. The molecule has 3 heterocycles. The molecule has 1 aromatic carbocycles. The van der Waals surface area contributed by atoms with Crippen molar-refractivity contribution in [3.63, 3.8) is 0 Å². The summed E-state index contributed by atoms with van der Waals surface area (Å²) in [7, 11) is 3.95. The van der Waals surface area contributed by atoms with Gasteiger partial charge in [0.15, 0.2) is 5.65 Å². The third kappa shape index (κ3) is 3.88. The van der Waals surface area contributed by atoms with Gasteiger partial charge in [-0.15, -0.1) is 10.2 Å². The van der Waals surface area contributed by atoms with Gasteiger partial charge in [0.25, 0.3) is 0 Å². The maximum absolute atomic E-state index is 14.4. The van der Waals surface area contributed by atoms with Gasteiger partial charge in [0.05, 0.1) is 6.61 Å². The molecule has 0 radical (unpaired) electrons.